The minimum absolute atomic E-state index is 0.295. The van der Waals surface area contributed by atoms with E-state index in [4.69, 9.17) is 9.47 Å². The van der Waals surface area contributed by atoms with Gasteiger partial charge in [-0.25, -0.2) is 9.18 Å². The summed E-state index contributed by atoms with van der Waals surface area (Å²) in [5, 5.41) is 5.50. The molecule has 1 aliphatic rings. The highest BCUT2D eigenvalue weighted by Gasteiger charge is 2.10. The molecular formula is C21H26FN3O3. The van der Waals surface area contributed by atoms with Gasteiger partial charge in [0.15, 0.2) is 0 Å². The number of ether oxygens (including phenoxy) is 2. The van der Waals surface area contributed by atoms with Crippen molar-refractivity contribution in [3.8, 4) is 5.75 Å². The van der Waals surface area contributed by atoms with Gasteiger partial charge in [-0.2, -0.15) is 0 Å². The Morgan fingerprint density at radius 1 is 1.21 bits per heavy atom. The molecule has 0 aliphatic carbocycles. The van der Waals surface area contributed by atoms with Crippen molar-refractivity contribution in [1.29, 1.82) is 0 Å². The molecule has 3 rings (SSSR count). The smallest absolute Gasteiger partial charge is 0.319 e. The number of morpholine rings is 1. The third-order valence-electron chi connectivity index (χ3n) is 4.55. The van der Waals surface area contributed by atoms with Crippen LogP contribution in [0.1, 0.15) is 11.1 Å². The summed E-state index contributed by atoms with van der Waals surface area (Å²) in [6.07, 6.45) is 0. The van der Waals surface area contributed by atoms with E-state index in [1.807, 2.05) is 24.3 Å². The molecule has 2 N–H and O–H groups in total. The Morgan fingerprint density at radius 3 is 2.82 bits per heavy atom. The molecule has 28 heavy (non-hydrogen) atoms. The minimum Gasteiger partial charge on any atom is -0.492 e. The fraction of sp³-hybridized carbons (Fsp3) is 0.381. The highest BCUT2D eigenvalue weighted by molar-refractivity contribution is 5.89. The largest absolute Gasteiger partial charge is 0.492 e. The number of halogens is 1. The van der Waals surface area contributed by atoms with Crippen LogP contribution in [0.4, 0.5) is 14.9 Å². The number of amides is 2. The van der Waals surface area contributed by atoms with E-state index in [-0.39, 0.29) is 11.8 Å². The monoisotopic (exact) mass is 387 g/mol. The summed E-state index contributed by atoms with van der Waals surface area (Å²) in [4.78, 5) is 14.4. The number of carbonyl (C=O) groups excluding carboxylic acids is 1. The second-order valence-corrected chi connectivity index (χ2v) is 6.72. The Balaban J connectivity index is 1.43. The molecule has 2 aromatic carbocycles. The first-order chi connectivity index (χ1) is 13.6. The number of carbonyl (C=O) groups is 1. The number of nitrogens with zero attached hydrogens (tertiary/aromatic N) is 1. The molecule has 0 saturated carbocycles. The lowest BCUT2D eigenvalue weighted by atomic mass is 10.2. The van der Waals surface area contributed by atoms with E-state index in [9.17, 15) is 9.18 Å². The normalized spacial score (nSPS) is 14.5. The lowest BCUT2D eigenvalue weighted by Gasteiger charge is -2.26. The topological polar surface area (TPSA) is 62.8 Å². The van der Waals surface area contributed by atoms with Gasteiger partial charge in [-0.15, -0.1) is 0 Å². The summed E-state index contributed by atoms with van der Waals surface area (Å²) in [5.74, 6) is 0.485. The summed E-state index contributed by atoms with van der Waals surface area (Å²) in [7, 11) is 0. The molecule has 0 unspecified atom stereocenters. The summed E-state index contributed by atoms with van der Waals surface area (Å²) in [5.41, 5.74) is 1.98. The number of anilines is 1. The van der Waals surface area contributed by atoms with Gasteiger partial charge in [-0.3, -0.25) is 4.90 Å². The van der Waals surface area contributed by atoms with Gasteiger partial charge in [0.1, 0.15) is 18.2 Å². The maximum absolute atomic E-state index is 13.3. The number of rotatable bonds is 7. The van der Waals surface area contributed by atoms with Gasteiger partial charge in [0, 0.05) is 31.9 Å². The van der Waals surface area contributed by atoms with Gasteiger partial charge in [0.2, 0.25) is 0 Å². The van der Waals surface area contributed by atoms with Crippen LogP contribution in [-0.2, 0) is 11.3 Å². The zero-order valence-electron chi connectivity index (χ0n) is 16.0. The molecular weight excluding hydrogens is 361 g/mol. The van der Waals surface area contributed by atoms with Crippen LogP contribution in [0.3, 0.4) is 0 Å². The molecule has 0 bridgehead atoms. The van der Waals surface area contributed by atoms with Crippen molar-refractivity contribution >= 4 is 11.7 Å². The van der Waals surface area contributed by atoms with Crippen molar-refractivity contribution in [3.05, 3.63) is 59.4 Å². The third-order valence-corrected chi connectivity index (χ3v) is 4.55. The van der Waals surface area contributed by atoms with Crippen molar-refractivity contribution in [2.24, 2.45) is 0 Å². The first-order valence-corrected chi connectivity index (χ1v) is 9.43. The molecule has 1 fully saturated rings. The highest BCUT2D eigenvalue weighted by atomic mass is 19.1. The molecule has 1 saturated heterocycles. The maximum Gasteiger partial charge on any atom is 0.319 e. The van der Waals surface area contributed by atoms with Crippen LogP contribution >= 0.6 is 0 Å². The third kappa shape index (κ3) is 6.21. The molecule has 6 nitrogen and oxygen atoms in total. The van der Waals surface area contributed by atoms with Crippen LogP contribution in [0.2, 0.25) is 0 Å². The number of aryl methyl sites for hydroxylation is 1. The summed E-state index contributed by atoms with van der Waals surface area (Å²) >= 11 is 0. The second kappa shape index (κ2) is 10.1. The Hall–Kier alpha value is -2.64. The fourth-order valence-corrected chi connectivity index (χ4v) is 2.94. The highest BCUT2D eigenvalue weighted by Crippen LogP contribution is 2.15. The van der Waals surface area contributed by atoms with E-state index in [0.29, 0.717) is 24.4 Å². The zero-order valence-corrected chi connectivity index (χ0v) is 16.0. The molecule has 0 radical (unpaired) electrons. The number of urea groups is 1. The lowest BCUT2D eigenvalue weighted by molar-refractivity contribution is 0.0322. The molecule has 1 aliphatic heterocycles. The Bertz CT molecular complexity index is 794. The molecule has 0 aromatic heterocycles. The Labute approximate surface area is 164 Å². The average Bonchev–Trinajstić information content (AvgIpc) is 2.70. The van der Waals surface area contributed by atoms with Gasteiger partial charge in [0.05, 0.1) is 13.2 Å². The fourth-order valence-electron chi connectivity index (χ4n) is 2.94. The number of hydrogen-bond acceptors (Lipinski definition) is 4. The van der Waals surface area contributed by atoms with E-state index < -0.39 is 0 Å². The van der Waals surface area contributed by atoms with Crippen molar-refractivity contribution in [2.75, 3.05) is 44.8 Å². The molecule has 1 heterocycles. The SMILES string of the molecule is Cc1cc(NC(=O)NCc2cccc(OCCN3CCOCC3)c2)ccc1F. The lowest BCUT2D eigenvalue weighted by Crippen LogP contribution is -2.38. The van der Waals surface area contributed by atoms with Crippen molar-refractivity contribution in [2.45, 2.75) is 13.5 Å². The van der Waals surface area contributed by atoms with Crippen molar-refractivity contribution in [1.82, 2.24) is 10.2 Å². The van der Waals surface area contributed by atoms with E-state index >= 15 is 0 Å². The van der Waals surface area contributed by atoms with E-state index in [2.05, 4.69) is 15.5 Å². The Morgan fingerprint density at radius 2 is 2.04 bits per heavy atom. The molecule has 2 aromatic rings. The van der Waals surface area contributed by atoms with Crippen LogP contribution in [-0.4, -0.2) is 50.4 Å². The van der Waals surface area contributed by atoms with Gasteiger partial charge in [0.25, 0.3) is 0 Å². The first-order valence-electron chi connectivity index (χ1n) is 9.43. The van der Waals surface area contributed by atoms with Gasteiger partial charge in [-0.05, 0) is 48.4 Å². The summed E-state index contributed by atoms with van der Waals surface area (Å²) in [6, 6.07) is 11.8. The zero-order chi connectivity index (χ0) is 19.8. The van der Waals surface area contributed by atoms with E-state index in [1.165, 1.54) is 12.1 Å². The molecule has 150 valence electrons. The summed E-state index contributed by atoms with van der Waals surface area (Å²) in [6.45, 7) is 6.94. The Kier molecular flexibility index (Phi) is 7.22. The molecule has 7 heteroatoms. The maximum atomic E-state index is 13.3. The average molecular weight is 387 g/mol. The van der Waals surface area contributed by atoms with Crippen LogP contribution in [0.25, 0.3) is 0 Å². The van der Waals surface area contributed by atoms with E-state index in [0.717, 1.165) is 44.2 Å². The number of nitrogens with one attached hydrogen (secondary N) is 2. The van der Waals surface area contributed by atoms with Crippen LogP contribution < -0.4 is 15.4 Å². The van der Waals surface area contributed by atoms with Gasteiger partial charge >= 0.3 is 6.03 Å². The van der Waals surface area contributed by atoms with Crippen molar-refractivity contribution < 1.29 is 18.7 Å². The van der Waals surface area contributed by atoms with Gasteiger partial charge in [-0.1, -0.05) is 12.1 Å². The quantitative estimate of drug-likeness (QED) is 0.766. The van der Waals surface area contributed by atoms with Crippen LogP contribution in [0.15, 0.2) is 42.5 Å². The predicted octanol–water partition coefficient (Wildman–Crippen LogP) is 3.17. The first kappa shape index (κ1) is 20.1. The predicted molar refractivity (Wildman–Crippen MR) is 106 cm³/mol. The molecule has 0 atom stereocenters. The molecule has 0 spiro atoms. The standard InChI is InChI=1S/C21H26FN3O3/c1-16-13-18(5-6-20(16)22)24-21(26)23-15-17-3-2-4-19(14-17)28-12-9-25-7-10-27-11-8-25/h2-6,13-14H,7-12,15H2,1H3,(H2,23,24,26). The van der Waals surface area contributed by atoms with Crippen molar-refractivity contribution in [3.63, 3.8) is 0 Å². The van der Waals surface area contributed by atoms with E-state index in [1.54, 1.807) is 13.0 Å². The van der Waals surface area contributed by atoms with Crippen LogP contribution in [0, 0.1) is 12.7 Å². The van der Waals surface area contributed by atoms with Crippen LogP contribution in [0.5, 0.6) is 5.75 Å². The van der Waals surface area contributed by atoms with Gasteiger partial charge < -0.3 is 20.1 Å². The number of benzene rings is 2. The minimum atomic E-state index is -0.343. The second-order valence-electron chi connectivity index (χ2n) is 6.72. The number of hydrogen-bond donors (Lipinski definition) is 2. The molecule has 2 amide bonds. The summed E-state index contributed by atoms with van der Waals surface area (Å²) < 4.78 is 24.5.